The SMILES string of the molecule is CC(C)[C@H](NCC(=O)Nc1ccc2c(c1)CCC2)c1ccc2c(c1)OCCCO2. The third kappa shape index (κ3) is 4.73. The van der Waals surface area contributed by atoms with Gasteiger partial charge < -0.3 is 20.1 Å². The summed E-state index contributed by atoms with van der Waals surface area (Å²) in [5.74, 6) is 1.88. The Kier molecular flexibility index (Phi) is 6.05. The van der Waals surface area contributed by atoms with E-state index in [4.69, 9.17) is 9.47 Å². The van der Waals surface area contributed by atoms with Crippen molar-refractivity contribution >= 4 is 11.6 Å². The summed E-state index contributed by atoms with van der Waals surface area (Å²) in [7, 11) is 0. The zero-order valence-electron chi connectivity index (χ0n) is 17.3. The zero-order chi connectivity index (χ0) is 20.2. The first-order valence-electron chi connectivity index (χ1n) is 10.6. The van der Waals surface area contributed by atoms with Crippen molar-refractivity contribution in [1.29, 1.82) is 0 Å². The third-order valence-electron chi connectivity index (χ3n) is 5.66. The van der Waals surface area contributed by atoms with Crippen molar-refractivity contribution in [3.8, 4) is 11.5 Å². The molecule has 1 atom stereocenters. The van der Waals surface area contributed by atoms with Gasteiger partial charge in [0.2, 0.25) is 5.91 Å². The Hall–Kier alpha value is -2.53. The highest BCUT2D eigenvalue weighted by molar-refractivity contribution is 5.92. The largest absolute Gasteiger partial charge is 0.490 e. The number of hydrogen-bond acceptors (Lipinski definition) is 4. The molecule has 0 spiro atoms. The smallest absolute Gasteiger partial charge is 0.238 e. The average Bonchev–Trinajstić information content (AvgIpc) is 3.04. The average molecular weight is 395 g/mol. The van der Waals surface area contributed by atoms with Crippen LogP contribution in [0.15, 0.2) is 36.4 Å². The Morgan fingerprint density at radius 2 is 1.76 bits per heavy atom. The zero-order valence-corrected chi connectivity index (χ0v) is 17.3. The monoisotopic (exact) mass is 394 g/mol. The molecule has 2 N–H and O–H groups in total. The molecule has 1 aliphatic carbocycles. The molecule has 4 rings (SSSR count). The molecule has 0 fully saturated rings. The second-order valence-corrected chi connectivity index (χ2v) is 8.24. The van der Waals surface area contributed by atoms with Crippen LogP contribution in [0.25, 0.3) is 0 Å². The van der Waals surface area contributed by atoms with E-state index in [9.17, 15) is 4.79 Å². The van der Waals surface area contributed by atoms with E-state index in [-0.39, 0.29) is 18.5 Å². The minimum atomic E-state index is -0.0251. The van der Waals surface area contributed by atoms with E-state index in [1.807, 2.05) is 18.2 Å². The Bertz CT molecular complexity index is 878. The number of rotatable bonds is 6. The quantitative estimate of drug-likeness (QED) is 0.769. The van der Waals surface area contributed by atoms with Crippen LogP contribution in [0.3, 0.4) is 0 Å². The molecule has 1 aliphatic heterocycles. The molecule has 1 amide bonds. The molecule has 5 nitrogen and oxygen atoms in total. The van der Waals surface area contributed by atoms with Crippen molar-refractivity contribution < 1.29 is 14.3 Å². The van der Waals surface area contributed by atoms with Crippen LogP contribution in [0, 0.1) is 5.92 Å². The van der Waals surface area contributed by atoms with Gasteiger partial charge in [0.05, 0.1) is 19.8 Å². The molecule has 29 heavy (non-hydrogen) atoms. The normalized spacial score (nSPS) is 16.2. The number of benzene rings is 2. The highest BCUT2D eigenvalue weighted by atomic mass is 16.5. The van der Waals surface area contributed by atoms with Gasteiger partial charge in [-0.2, -0.15) is 0 Å². The highest BCUT2D eigenvalue weighted by Gasteiger charge is 2.20. The molecular formula is C24H30N2O3. The van der Waals surface area contributed by atoms with Crippen LogP contribution in [-0.2, 0) is 17.6 Å². The van der Waals surface area contributed by atoms with E-state index in [0.29, 0.717) is 19.1 Å². The molecule has 0 unspecified atom stereocenters. The molecule has 0 saturated carbocycles. The van der Waals surface area contributed by atoms with Gasteiger partial charge >= 0.3 is 0 Å². The maximum atomic E-state index is 12.5. The van der Waals surface area contributed by atoms with Crippen LogP contribution in [0.5, 0.6) is 11.5 Å². The molecule has 2 aliphatic rings. The van der Waals surface area contributed by atoms with Gasteiger partial charge in [-0.05, 0) is 66.1 Å². The first kappa shape index (κ1) is 19.8. The Balaban J connectivity index is 1.39. The van der Waals surface area contributed by atoms with Crippen LogP contribution < -0.4 is 20.1 Å². The lowest BCUT2D eigenvalue weighted by atomic mass is 9.95. The first-order chi connectivity index (χ1) is 14.1. The fourth-order valence-corrected chi connectivity index (χ4v) is 4.17. The summed E-state index contributed by atoms with van der Waals surface area (Å²) in [5, 5.41) is 6.45. The van der Waals surface area contributed by atoms with Gasteiger partial charge in [-0.25, -0.2) is 0 Å². The molecule has 0 bridgehead atoms. The van der Waals surface area contributed by atoms with E-state index >= 15 is 0 Å². The second kappa shape index (κ2) is 8.87. The number of ether oxygens (including phenoxy) is 2. The summed E-state index contributed by atoms with van der Waals surface area (Å²) in [6.45, 7) is 5.91. The molecule has 0 radical (unpaired) electrons. The summed E-state index contributed by atoms with van der Waals surface area (Å²) >= 11 is 0. The van der Waals surface area contributed by atoms with Crippen molar-refractivity contribution in [2.75, 3.05) is 25.1 Å². The van der Waals surface area contributed by atoms with Crippen molar-refractivity contribution in [3.63, 3.8) is 0 Å². The number of hydrogen-bond donors (Lipinski definition) is 2. The summed E-state index contributed by atoms with van der Waals surface area (Å²) in [6, 6.07) is 12.4. The van der Waals surface area contributed by atoms with Crippen LogP contribution in [-0.4, -0.2) is 25.7 Å². The molecular weight excluding hydrogens is 364 g/mol. The fourth-order valence-electron chi connectivity index (χ4n) is 4.17. The van der Waals surface area contributed by atoms with Crippen molar-refractivity contribution in [2.45, 2.75) is 45.6 Å². The molecule has 1 heterocycles. The number of aryl methyl sites for hydroxylation is 2. The van der Waals surface area contributed by atoms with Gasteiger partial charge in [0.1, 0.15) is 0 Å². The second-order valence-electron chi connectivity index (χ2n) is 8.24. The Morgan fingerprint density at radius 1 is 0.966 bits per heavy atom. The third-order valence-corrected chi connectivity index (χ3v) is 5.66. The summed E-state index contributed by atoms with van der Waals surface area (Å²) in [4.78, 5) is 12.5. The Labute approximate surface area is 172 Å². The molecule has 5 heteroatoms. The molecule has 154 valence electrons. The molecule has 2 aromatic rings. The number of carbonyl (C=O) groups excluding carboxylic acids is 1. The fraction of sp³-hybridized carbons (Fsp3) is 0.458. The van der Waals surface area contributed by atoms with Crippen LogP contribution in [0.2, 0.25) is 0 Å². The van der Waals surface area contributed by atoms with E-state index < -0.39 is 0 Å². The number of carbonyl (C=O) groups is 1. The van der Waals surface area contributed by atoms with Gasteiger partial charge in [-0.1, -0.05) is 26.0 Å². The van der Waals surface area contributed by atoms with E-state index in [0.717, 1.165) is 42.0 Å². The molecule has 0 aromatic heterocycles. The molecule has 2 aromatic carbocycles. The number of anilines is 1. The van der Waals surface area contributed by atoms with E-state index in [1.54, 1.807) is 0 Å². The van der Waals surface area contributed by atoms with E-state index in [2.05, 4.69) is 42.7 Å². The Morgan fingerprint density at radius 3 is 2.59 bits per heavy atom. The van der Waals surface area contributed by atoms with Crippen LogP contribution in [0.4, 0.5) is 5.69 Å². The van der Waals surface area contributed by atoms with Gasteiger partial charge in [0.15, 0.2) is 11.5 Å². The lowest BCUT2D eigenvalue weighted by molar-refractivity contribution is -0.115. The van der Waals surface area contributed by atoms with Crippen molar-refractivity contribution in [3.05, 3.63) is 53.1 Å². The van der Waals surface area contributed by atoms with Crippen LogP contribution in [0.1, 0.15) is 49.4 Å². The van der Waals surface area contributed by atoms with Gasteiger partial charge in [0, 0.05) is 18.2 Å². The standard InChI is InChI=1S/C24H30N2O3/c1-16(2)24(19-8-10-21-22(14-19)29-12-4-11-28-21)25-15-23(27)26-20-9-7-17-5-3-6-18(17)13-20/h7-10,13-14,16,24-25H,3-6,11-12,15H2,1-2H3,(H,26,27)/t24-/m0/s1. The predicted octanol–water partition coefficient (Wildman–Crippen LogP) is 4.26. The minimum absolute atomic E-state index is 0.0251. The van der Waals surface area contributed by atoms with Gasteiger partial charge in [0.25, 0.3) is 0 Å². The maximum absolute atomic E-state index is 12.5. The van der Waals surface area contributed by atoms with Crippen LogP contribution >= 0.6 is 0 Å². The number of amides is 1. The van der Waals surface area contributed by atoms with Crippen molar-refractivity contribution in [2.24, 2.45) is 5.92 Å². The van der Waals surface area contributed by atoms with Gasteiger partial charge in [-0.3, -0.25) is 4.79 Å². The lowest BCUT2D eigenvalue weighted by Gasteiger charge is -2.24. The number of fused-ring (bicyclic) bond motifs is 2. The van der Waals surface area contributed by atoms with Crippen molar-refractivity contribution in [1.82, 2.24) is 5.32 Å². The minimum Gasteiger partial charge on any atom is -0.490 e. The summed E-state index contributed by atoms with van der Waals surface area (Å²) in [6.07, 6.45) is 4.35. The number of nitrogens with one attached hydrogen (secondary N) is 2. The molecule has 0 saturated heterocycles. The topological polar surface area (TPSA) is 59.6 Å². The lowest BCUT2D eigenvalue weighted by Crippen LogP contribution is -2.33. The summed E-state index contributed by atoms with van der Waals surface area (Å²) in [5.41, 5.74) is 4.77. The maximum Gasteiger partial charge on any atom is 0.238 e. The first-order valence-corrected chi connectivity index (χ1v) is 10.6. The summed E-state index contributed by atoms with van der Waals surface area (Å²) < 4.78 is 11.6. The highest BCUT2D eigenvalue weighted by Crippen LogP contribution is 2.34. The van der Waals surface area contributed by atoms with Gasteiger partial charge in [-0.15, -0.1) is 0 Å². The van der Waals surface area contributed by atoms with E-state index in [1.165, 1.54) is 17.5 Å². The predicted molar refractivity (Wildman–Crippen MR) is 115 cm³/mol.